The predicted molar refractivity (Wildman–Crippen MR) is 76.2 cm³/mol. The zero-order valence-corrected chi connectivity index (χ0v) is 12.1. The Morgan fingerprint density at radius 1 is 1.53 bits per heavy atom. The van der Waals surface area contributed by atoms with Crippen LogP contribution in [0.25, 0.3) is 0 Å². The highest BCUT2D eigenvalue weighted by Crippen LogP contribution is 2.44. The number of nitrogens with zero attached hydrogens (tertiary/aromatic N) is 1. The number of hydrogen-bond donors (Lipinski definition) is 2. The first-order valence-electron chi connectivity index (χ1n) is 6.22. The highest BCUT2D eigenvalue weighted by Gasteiger charge is 2.34. The first-order valence-corrected chi connectivity index (χ1v) is 7.02. The molecule has 0 aromatic carbocycles. The average molecular weight is 298 g/mol. The van der Waals surface area contributed by atoms with Gasteiger partial charge in [-0.2, -0.15) is 0 Å². The molecule has 1 aromatic rings. The van der Waals surface area contributed by atoms with Crippen molar-refractivity contribution in [3.05, 3.63) is 16.2 Å². The second-order valence-electron chi connectivity index (χ2n) is 5.06. The van der Waals surface area contributed by atoms with Crippen LogP contribution < -0.4 is 11.1 Å². The van der Waals surface area contributed by atoms with Crippen LogP contribution >= 0.6 is 15.9 Å². The van der Waals surface area contributed by atoms with E-state index in [2.05, 4.69) is 33.2 Å². The Bertz CT molecular complexity index is 408. The number of nitrogen functional groups attached to an aromatic ring is 1. The Hall–Kier alpha value is -0.770. The molecule has 0 radical (unpaired) electrons. The number of anilines is 2. The van der Waals surface area contributed by atoms with E-state index in [1.54, 1.807) is 6.20 Å². The summed E-state index contributed by atoms with van der Waals surface area (Å²) in [6.45, 7) is 5.29. The summed E-state index contributed by atoms with van der Waals surface area (Å²) in [4.78, 5) is 4.35. The van der Waals surface area contributed by atoms with Crippen molar-refractivity contribution in [2.24, 2.45) is 5.41 Å². The number of rotatable bonds is 4. The number of aromatic nitrogens is 1. The molecule has 17 heavy (non-hydrogen) atoms. The average Bonchev–Trinajstić information content (AvgIpc) is 2.28. The van der Waals surface area contributed by atoms with Gasteiger partial charge in [-0.05, 0) is 53.1 Å². The summed E-state index contributed by atoms with van der Waals surface area (Å²) in [5.74, 6) is 0.913. The summed E-state index contributed by atoms with van der Waals surface area (Å²) < 4.78 is 0.989. The highest BCUT2D eigenvalue weighted by atomic mass is 79.9. The highest BCUT2D eigenvalue weighted by molar-refractivity contribution is 9.10. The van der Waals surface area contributed by atoms with Crippen LogP contribution in [-0.4, -0.2) is 11.5 Å². The van der Waals surface area contributed by atoms with Gasteiger partial charge in [-0.25, -0.2) is 4.98 Å². The number of nitrogens with two attached hydrogens (primary N) is 1. The Labute approximate surface area is 111 Å². The lowest BCUT2D eigenvalue weighted by Gasteiger charge is -2.41. The summed E-state index contributed by atoms with van der Waals surface area (Å²) in [5.41, 5.74) is 8.10. The Balaban J connectivity index is 2.07. The van der Waals surface area contributed by atoms with Gasteiger partial charge < -0.3 is 11.1 Å². The molecular weight excluding hydrogens is 278 g/mol. The minimum absolute atomic E-state index is 0.496. The molecule has 1 aliphatic rings. The van der Waals surface area contributed by atoms with Crippen molar-refractivity contribution in [2.45, 2.75) is 39.5 Å². The van der Waals surface area contributed by atoms with Gasteiger partial charge in [0, 0.05) is 6.54 Å². The predicted octanol–water partition coefficient (Wildman–Crippen LogP) is 3.73. The first-order chi connectivity index (χ1) is 8.08. The van der Waals surface area contributed by atoms with Gasteiger partial charge in [0.2, 0.25) is 0 Å². The Kier molecular flexibility index (Phi) is 3.61. The van der Waals surface area contributed by atoms with Crippen molar-refractivity contribution in [3.8, 4) is 0 Å². The monoisotopic (exact) mass is 297 g/mol. The lowest BCUT2D eigenvalue weighted by atomic mass is 9.67. The molecule has 3 nitrogen and oxygen atoms in total. The van der Waals surface area contributed by atoms with Crippen LogP contribution in [0.15, 0.2) is 10.7 Å². The molecule has 0 unspecified atom stereocenters. The molecule has 1 aromatic heterocycles. The number of pyridine rings is 1. The summed E-state index contributed by atoms with van der Waals surface area (Å²) >= 11 is 3.56. The molecule has 94 valence electrons. The Morgan fingerprint density at radius 3 is 2.76 bits per heavy atom. The van der Waals surface area contributed by atoms with E-state index >= 15 is 0 Å². The van der Waals surface area contributed by atoms with Gasteiger partial charge in [-0.3, -0.25) is 0 Å². The zero-order valence-electron chi connectivity index (χ0n) is 10.5. The normalized spacial score (nSPS) is 17.6. The Morgan fingerprint density at radius 2 is 2.24 bits per heavy atom. The van der Waals surface area contributed by atoms with E-state index in [4.69, 9.17) is 5.73 Å². The number of nitrogens with one attached hydrogen (secondary N) is 1. The van der Waals surface area contributed by atoms with E-state index in [1.807, 2.05) is 6.92 Å². The van der Waals surface area contributed by atoms with E-state index in [0.717, 1.165) is 28.1 Å². The van der Waals surface area contributed by atoms with Crippen molar-refractivity contribution in [1.29, 1.82) is 0 Å². The number of halogens is 1. The molecule has 0 bridgehead atoms. The molecule has 1 fully saturated rings. The van der Waals surface area contributed by atoms with Gasteiger partial charge in [0.1, 0.15) is 5.82 Å². The van der Waals surface area contributed by atoms with Gasteiger partial charge in [0.05, 0.1) is 16.4 Å². The van der Waals surface area contributed by atoms with Gasteiger partial charge in [0.15, 0.2) is 0 Å². The molecule has 1 aliphatic carbocycles. The second kappa shape index (κ2) is 4.84. The fraction of sp³-hybridized carbons (Fsp3) is 0.615. The third kappa shape index (κ3) is 2.41. The molecule has 1 saturated carbocycles. The fourth-order valence-corrected chi connectivity index (χ4v) is 2.79. The van der Waals surface area contributed by atoms with E-state index in [1.165, 1.54) is 25.7 Å². The summed E-state index contributed by atoms with van der Waals surface area (Å²) in [7, 11) is 0. The summed E-state index contributed by atoms with van der Waals surface area (Å²) in [5, 5.41) is 3.46. The van der Waals surface area contributed by atoms with Crippen molar-refractivity contribution < 1.29 is 0 Å². The standard InChI is InChI=1S/C13H20BrN3/c1-3-13(5-4-6-13)8-17-12-11(14)9(2)10(15)7-16-12/h7H,3-6,8,15H2,1-2H3,(H,16,17). The molecule has 0 saturated heterocycles. The first kappa shape index (κ1) is 12.7. The van der Waals surface area contributed by atoms with Crippen molar-refractivity contribution in [3.63, 3.8) is 0 Å². The minimum Gasteiger partial charge on any atom is -0.397 e. The SMILES string of the molecule is CCC1(CNc2ncc(N)c(C)c2Br)CCC1. The lowest BCUT2D eigenvalue weighted by Crippen LogP contribution is -2.36. The van der Waals surface area contributed by atoms with Crippen LogP contribution in [0.2, 0.25) is 0 Å². The van der Waals surface area contributed by atoms with Crippen LogP contribution in [0.1, 0.15) is 38.2 Å². The molecule has 0 amide bonds. The maximum Gasteiger partial charge on any atom is 0.140 e. The van der Waals surface area contributed by atoms with Crippen molar-refractivity contribution in [2.75, 3.05) is 17.6 Å². The fourth-order valence-electron chi connectivity index (χ4n) is 2.32. The van der Waals surface area contributed by atoms with Crippen LogP contribution in [0.3, 0.4) is 0 Å². The molecule has 1 heterocycles. The largest absolute Gasteiger partial charge is 0.397 e. The molecular formula is C13H20BrN3. The molecule has 0 spiro atoms. The zero-order chi connectivity index (χ0) is 12.5. The lowest BCUT2D eigenvalue weighted by molar-refractivity contribution is 0.145. The maximum absolute atomic E-state index is 5.81. The van der Waals surface area contributed by atoms with Gasteiger partial charge in [0.25, 0.3) is 0 Å². The molecule has 0 atom stereocenters. The van der Waals surface area contributed by atoms with Gasteiger partial charge in [-0.15, -0.1) is 0 Å². The second-order valence-corrected chi connectivity index (χ2v) is 5.85. The third-order valence-corrected chi connectivity index (χ3v) is 5.07. The summed E-state index contributed by atoms with van der Waals surface area (Å²) in [6, 6.07) is 0. The number of hydrogen-bond acceptors (Lipinski definition) is 3. The smallest absolute Gasteiger partial charge is 0.140 e. The van der Waals surface area contributed by atoms with Crippen LogP contribution in [0.5, 0.6) is 0 Å². The topological polar surface area (TPSA) is 50.9 Å². The quantitative estimate of drug-likeness (QED) is 0.890. The van der Waals surface area contributed by atoms with Crippen molar-refractivity contribution >= 4 is 27.4 Å². The van der Waals surface area contributed by atoms with Gasteiger partial charge >= 0.3 is 0 Å². The molecule has 0 aliphatic heterocycles. The van der Waals surface area contributed by atoms with Crippen molar-refractivity contribution in [1.82, 2.24) is 4.98 Å². The molecule has 3 N–H and O–H groups in total. The van der Waals surface area contributed by atoms with E-state index in [0.29, 0.717) is 5.41 Å². The molecule has 2 rings (SSSR count). The minimum atomic E-state index is 0.496. The van der Waals surface area contributed by atoms with E-state index in [-0.39, 0.29) is 0 Å². The van der Waals surface area contributed by atoms with E-state index < -0.39 is 0 Å². The van der Waals surface area contributed by atoms with Crippen LogP contribution in [-0.2, 0) is 0 Å². The maximum atomic E-state index is 5.81. The summed E-state index contributed by atoms with van der Waals surface area (Å²) in [6.07, 6.45) is 7.00. The third-order valence-electron chi connectivity index (χ3n) is 4.10. The molecule has 4 heteroatoms. The van der Waals surface area contributed by atoms with E-state index in [9.17, 15) is 0 Å². The van der Waals surface area contributed by atoms with Crippen LogP contribution in [0.4, 0.5) is 11.5 Å². The van der Waals surface area contributed by atoms with Crippen LogP contribution in [0, 0.1) is 12.3 Å². The van der Waals surface area contributed by atoms with Gasteiger partial charge in [-0.1, -0.05) is 13.3 Å².